The third kappa shape index (κ3) is 5.35. The number of nitrogens with two attached hydrogens (primary N) is 1. The topological polar surface area (TPSA) is 88.2 Å². The molecule has 5 aliphatic carbocycles. The molecule has 1 aromatic carbocycles. The number of anilines is 1. The normalized spacial score (nSPS) is 30.3. The first-order valence-electron chi connectivity index (χ1n) is 13.8. The van der Waals surface area contributed by atoms with E-state index in [0.29, 0.717) is 18.3 Å². The molecule has 1 aromatic rings. The Morgan fingerprint density at radius 1 is 0.941 bits per heavy atom. The average molecular weight is 466 g/mol. The van der Waals surface area contributed by atoms with Crippen LogP contribution < -0.4 is 11.1 Å². The van der Waals surface area contributed by atoms with Gasteiger partial charge in [-0.05, 0) is 111 Å². The van der Waals surface area contributed by atoms with Crippen molar-refractivity contribution < 1.29 is 9.53 Å². The highest BCUT2D eigenvalue weighted by molar-refractivity contribution is 6.13. The molecule has 5 heteroatoms. The lowest BCUT2D eigenvalue weighted by Gasteiger charge is -2.56. The van der Waals surface area contributed by atoms with Gasteiger partial charge in [-0.3, -0.25) is 10.2 Å². The highest BCUT2D eigenvalue weighted by Crippen LogP contribution is 2.60. The van der Waals surface area contributed by atoms with E-state index in [1.807, 2.05) is 12.1 Å². The number of benzene rings is 1. The van der Waals surface area contributed by atoms with Gasteiger partial charge in [0.05, 0.1) is 6.61 Å². The lowest BCUT2D eigenvalue weighted by Crippen LogP contribution is -2.48. The van der Waals surface area contributed by atoms with Crippen molar-refractivity contribution in [3.8, 4) is 0 Å². The molecule has 0 spiro atoms. The van der Waals surface area contributed by atoms with E-state index in [4.69, 9.17) is 15.9 Å². The molecule has 0 heterocycles. The molecule has 4 N–H and O–H groups in total. The highest BCUT2D eigenvalue weighted by Gasteiger charge is 2.53. The number of nitrogens with one attached hydrogen (secondary N) is 2. The van der Waals surface area contributed by atoms with Gasteiger partial charge in [0.2, 0.25) is 5.91 Å². The van der Waals surface area contributed by atoms with Crippen molar-refractivity contribution in [1.82, 2.24) is 0 Å². The second-order valence-electron chi connectivity index (χ2n) is 12.1. The minimum atomic E-state index is -0.751. The quantitative estimate of drug-likeness (QED) is 0.188. The van der Waals surface area contributed by atoms with Crippen LogP contribution in [-0.2, 0) is 16.0 Å². The molecule has 5 aliphatic rings. The van der Waals surface area contributed by atoms with Gasteiger partial charge in [0.15, 0.2) is 0 Å². The Morgan fingerprint density at radius 3 is 2.12 bits per heavy atom. The number of carbonyl (C=O) groups excluding carboxylic acids is 1. The van der Waals surface area contributed by atoms with Crippen LogP contribution in [0.2, 0.25) is 0 Å². The molecule has 4 bridgehead atoms. The fourth-order valence-corrected chi connectivity index (χ4v) is 7.57. The van der Waals surface area contributed by atoms with Crippen LogP contribution in [0.3, 0.4) is 0 Å². The van der Waals surface area contributed by atoms with Crippen molar-refractivity contribution in [3.05, 3.63) is 29.8 Å². The number of ether oxygens (including phenoxy) is 1. The van der Waals surface area contributed by atoms with Crippen LogP contribution in [0.5, 0.6) is 0 Å². The summed E-state index contributed by atoms with van der Waals surface area (Å²) in [6, 6.07) is 8.12. The van der Waals surface area contributed by atoms with Gasteiger partial charge in [0, 0.05) is 12.3 Å². The SMILES string of the molecule is N=C(N)C1(C(=O)Nc2ccc(CCCCCCCOCC34CC5CC(CC(C5)C3)C4)cc2)CC1. The molecule has 186 valence electrons. The zero-order valence-electron chi connectivity index (χ0n) is 20.7. The Kier molecular flexibility index (Phi) is 7.02. The van der Waals surface area contributed by atoms with E-state index in [2.05, 4.69) is 17.4 Å². The van der Waals surface area contributed by atoms with Crippen molar-refractivity contribution in [2.75, 3.05) is 18.5 Å². The van der Waals surface area contributed by atoms with E-state index in [1.54, 1.807) is 0 Å². The number of rotatable bonds is 13. The van der Waals surface area contributed by atoms with Gasteiger partial charge in [-0.2, -0.15) is 0 Å². The molecule has 0 unspecified atom stereocenters. The van der Waals surface area contributed by atoms with Crippen LogP contribution in [0.1, 0.15) is 89.0 Å². The molecule has 1 amide bonds. The van der Waals surface area contributed by atoms with Crippen molar-refractivity contribution in [2.45, 2.75) is 89.9 Å². The van der Waals surface area contributed by atoms with Crippen LogP contribution in [0, 0.1) is 34.0 Å². The lowest BCUT2D eigenvalue weighted by atomic mass is 9.50. The largest absolute Gasteiger partial charge is 0.387 e. The summed E-state index contributed by atoms with van der Waals surface area (Å²) in [5.41, 5.74) is 7.50. The number of unbranched alkanes of at least 4 members (excludes halogenated alkanes) is 4. The number of carbonyl (C=O) groups is 1. The molecule has 0 radical (unpaired) electrons. The van der Waals surface area contributed by atoms with Crippen LogP contribution in [0.25, 0.3) is 0 Å². The van der Waals surface area contributed by atoms with E-state index in [0.717, 1.165) is 43.1 Å². The Bertz CT molecular complexity index is 839. The number of aryl methyl sites for hydroxylation is 1. The number of amidine groups is 1. The lowest BCUT2D eigenvalue weighted by molar-refractivity contribution is -0.119. The minimum Gasteiger partial charge on any atom is -0.387 e. The van der Waals surface area contributed by atoms with Gasteiger partial charge in [-0.1, -0.05) is 31.4 Å². The number of hydrogen-bond acceptors (Lipinski definition) is 3. The third-order valence-corrected chi connectivity index (χ3v) is 9.24. The standard InChI is InChI=1S/C29H43N3O2/c30-26(31)29(11-12-29)27(33)32-25-9-7-21(8-10-25)6-4-2-1-3-5-13-34-20-28-17-22-14-23(18-28)16-24(15-22)19-28/h7-10,22-24H,1-6,11-20H2,(H3,30,31)(H,32,33). The maximum absolute atomic E-state index is 12.4. The zero-order chi connectivity index (χ0) is 23.6. The van der Waals surface area contributed by atoms with Gasteiger partial charge in [0.25, 0.3) is 0 Å². The molecule has 0 aromatic heterocycles. The average Bonchev–Trinajstić information content (AvgIpc) is 3.61. The summed E-state index contributed by atoms with van der Waals surface area (Å²) in [6.07, 6.45) is 17.5. The summed E-state index contributed by atoms with van der Waals surface area (Å²) < 4.78 is 6.22. The third-order valence-electron chi connectivity index (χ3n) is 9.24. The molecule has 0 atom stereocenters. The van der Waals surface area contributed by atoms with E-state index in [1.165, 1.54) is 76.2 Å². The number of amides is 1. The molecular formula is C29H43N3O2. The summed E-state index contributed by atoms with van der Waals surface area (Å²) in [5.74, 6) is 2.90. The maximum Gasteiger partial charge on any atom is 0.238 e. The van der Waals surface area contributed by atoms with Crippen molar-refractivity contribution in [3.63, 3.8) is 0 Å². The predicted octanol–water partition coefficient (Wildman–Crippen LogP) is 6.07. The molecule has 34 heavy (non-hydrogen) atoms. The second-order valence-corrected chi connectivity index (χ2v) is 12.1. The molecule has 5 nitrogen and oxygen atoms in total. The summed E-state index contributed by atoms with van der Waals surface area (Å²) in [6.45, 7) is 1.97. The van der Waals surface area contributed by atoms with Crippen LogP contribution in [0.15, 0.2) is 24.3 Å². The summed E-state index contributed by atoms with van der Waals surface area (Å²) >= 11 is 0. The Morgan fingerprint density at radius 2 is 1.53 bits per heavy atom. The molecule has 5 saturated carbocycles. The monoisotopic (exact) mass is 465 g/mol. The van der Waals surface area contributed by atoms with E-state index in [-0.39, 0.29) is 11.7 Å². The van der Waals surface area contributed by atoms with Crippen LogP contribution in [0.4, 0.5) is 5.69 Å². The predicted molar refractivity (Wildman–Crippen MR) is 137 cm³/mol. The van der Waals surface area contributed by atoms with Gasteiger partial charge in [-0.25, -0.2) is 0 Å². The first kappa shape index (κ1) is 23.8. The van der Waals surface area contributed by atoms with Crippen molar-refractivity contribution >= 4 is 17.4 Å². The molecule has 0 aliphatic heterocycles. The van der Waals surface area contributed by atoms with Gasteiger partial charge >= 0.3 is 0 Å². The summed E-state index contributed by atoms with van der Waals surface area (Å²) in [4.78, 5) is 12.4. The zero-order valence-corrected chi connectivity index (χ0v) is 20.7. The first-order valence-corrected chi connectivity index (χ1v) is 13.8. The fraction of sp³-hybridized carbons (Fsp3) is 0.724. The Balaban J connectivity index is 0.911. The van der Waals surface area contributed by atoms with Gasteiger partial charge < -0.3 is 15.8 Å². The van der Waals surface area contributed by atoms with Crippen molar-refractivity contribution in [2.24, 2.45) is 34.3 Å². The Labute approximate surface area is 205 Å². The maximum atomic E-state index is 12.4. The van der Waals surface area contributed by atoms with Crippen LogP contribution in [-0.4, -0.2) is 25.0 Å². The van der Waals surface area contributed by atoms with E-state index in [9.17, 15) is 4.79 Å². The Hall–Kier alpha value is -1.88. The summed E-state index contributed by atoms with van der Waals surface area (Å²) in [7, 11) is 0. The smallest absolute Gasteiger partial charge is 0.238 e. The fourth-order valence-electron chi connectivity index (χ4n) is 7.57. The van der Waals surface area contributed by atoms with Gasteiger partial charge in [-0.15, -0.1) is 0 Å². The number of hydrogen-bond donors (Lipinski definition) is 3. The van der Waals surface area contributed by atoms with E-state index < -0.39 is 5.41 Å². The van der Waals surface area contributed by atoms with Crippen LogP contribution >= 0.6 is 0 Å². The molecule has 0 saturated heterocycles. The minimum absolute atomic E-state index is 0.0178. The first-order chi connectivity index (χ1) is 16.5. The molecular weight excluding hydrogens is 422 g/mol. The molecule has 5 fully saturated rings. The second kappa shape index (κ2) is 10.0. The summed E-state index contributed by atoms with van der Waals surface area (Å²) in [5, 5.41) is 10.6. The van der Waals surface area contributed by atoms with Gasteiger partial charge in [0.1, 0.15) is 11.3 Å². The van der Waals surface area contributed by atoms with E-state index >= 15 is 0 Å². The highest BCUT2D eigenvalue weighted by atomic mass is 16.5. The van der Waals surface area contributed by atoms with Crippen molar-refractivity contribution in [1.29, 1.82) is 5.41 Å². The molecule has 6 rings (SSSR count).